The first-order valence-electron chi connectivity index (χ1n) is 3.91. The van der Waals surface area contributed by atoms with Gasteiger partial charge in [0, 0.05) is 18.4 Å². The van der Waals surface area contributed by atoms with Gasteiger partial charge in [-0.25, -0.2) is 0 Å². The van der Waals surface area contributed by atoms with E-state index in [9.17, 15) is 0 Å². The zero-order valence-electron chi connectivity index (χ0n) is 6.34. The molecule has 60 valence electrons. The van der Waals surface area contributed by atoms with Gasteiger partial charge in [0.05, 0.1) is 19.3 Å². The number of nitrogens with one attached hydrogen (secondary N) is 2. The molecule has 0 aromatic carbocycles. The van der Waals surface area contributed by atoms with Crippen LogP contribution in [0.4, 0.5) is 0 Å². The molecule has 1 aromatic heterocycles. The van der Waals surface area contributed by atoms with Crippen molar-refractivity contribution in [3.8, 4) is 0 Å². The van der Waals surface area contributed by atoms with E-state index in [-0.39, 0.29) is 0 Å². The summed E-state index contributed by atoms with van der Waals surface area (Å²) in [7, 11) is 0. The molecule has 2 rings (SSSR count). The summed E-state index contributed by atoms with van der Waals surface area (Å²) >= 11 is 0. The number of aromatic nitrogens is 1. The summed E-state index contributed by atoms with van der Waals surface area (Å²) in [5.41, 5.74) is 1.21. The lowest BCUT2D eigenvalue weighted by Gasteiger charge is -2.22. The van der Waals surface area contributed by atoms with Gasteiger partial charge in [-0.15, -0.1) is 0 Å². The molecular weight excluding hydrogens is 140 g/mol. The van der Waals surface area contributed by atoms with E-state index in [1.54, 1.807) is 0 Å². The topological polar surface area (TPSA) is 37.0 Å². The van der Waals surface area contributed by atoms with Crippen molar-refractivity contribution in [2.45, 2.75) is 6.04 Å². The molecule has 1 aliphatic rings. The maximum Gasteiger partial charge on any atom is 0.0711 e. The second-order valence-corrected chi connectivity index (χ2v) is 2.71. The zero-order chi connectivity index (χ0) is 7.52. The van der Waals surface area contributed by atoms with Crippen LogP contribution in [-0.4, -0.2) is 24.7 Å². The monoisotopic (exact) mass is 152 g/mol. The van der Waals surface area contributed by atoms with Gasteiger partial charge >= 0.3 is 0 Å². The third-order valence-corrected chi connectivity index (χ3v) is 1.92. The van der Waals surface area contributed by atoms with E-state index in [0.29, 0.717) is 6.04 Å². The van der Waals surface area contributed by atoms with Crippen molar-refractivity contribution in [2.24, 2.45) is 0 Å². The fourth-order valence-electron chi connectivity index (χ4n) is 1.33. The van der Waals surface area contributed by atoms with Crippen molar-refractivity contribution < 1.29 is 4.74 Å². The van der Waals surface area contributed by atoms with E-state index in [0.717, 1.165) is 19.8 Å². The molecule has 0 radical (unpaired) electrons. The molecule has 1 atom stereocenters. The van der Waals surface area contributed by atoms with Crippen LogP contribution in [-0.2, 0) is 4.74 Å². The van der Waals surface area contributed by atoms with Crippen molar-refractivity contribution in [3.63, 3.8) is 0 Å². The minimum atomic E-state index is 0.360. The molecular formula is C8H12N2O. The highest BCUT2D eigenvalue weighted by Crippen LogP contribution is 2.12. The highest BCUT2D eigenvalue weighted by Gasteiger charge is 2.14. The SMILES string of the molecule is c1c[nH]c([C@@H]2COCCN2)c1. The Labute approximate surface area is 65.8 Å². The Kier molecular flexibility index (Phi) is 1.92. The average molecular weight is 152 g/mol. The van der Waals surface area contributed by atoms with Gasteiger partial charge in [-0.3, -0.25) is 0 Å². The van der Waals surface area contributed by atoms with Crippen LogP contribution in [0, 0.1) is 0 Å². The Hall–Kier alpha value is -0.800. The zero-order valence-corrected chi connectivity index (χ0v) is 6.34. The van der Waals surface area contributed by atoms with Gasteiger partial charge in [0.1, 0.15) is 0 Å². The van der Waals surface area contributed by atoms with E-state index in [4.69, 9.17) is 4.74 Å². The van der Waals surface area contributed by atoms with Crippen molar-refractivity contribution in [1.29, 1.82) is 0 Å². The Balaban J connectivity index is 2.04. The number of ether oxygens (including phenoxy) is 1. The highest BCUT2D eigenvalue weighted by molar-refractivity contribution is 5.09. The van der Waals surface area contributed by atoms with Gasteiger partial charge in [-0.2, -0.15) is 0 Å². The normalized spacial score (nSPS) is 25.3. The van der Waals surface area contributed by atoms with E-state index in [2.05, 4.69) is 16.4 Å². The number of aromatic amines is 1. The highest BCUT2D eigenvalue weighted by atomic mass is 16.5. The Morgan fingerprint density at radius 1 is 1.55 bits per heavy atom. The summed E-state index contributed by atoms with van der Waals surface area (Å²) in [6.07, 6.45) is 1.94. The van der Waals surface area contributed by atoms with E-state index in [1.807, 2.05) is 12.3 Å². The number of morpholine rings is 1. The Morgan fingerprint density at radius 2 is 2.55 bits per heavy atom. The van der Waals surface area contributed by atoms with Crippen molar-refractivity contribution >= 4 is 0 Å². The molecule has 0 spiro atoms. The van der Waals surface area contributed by atoms with E-state index >= 15 is 0 Å². The van der Waals surface area contributed by atoms with Crippen LogP contribution in [0.1, 0.15) is 11.7 Å². The molecule has 3 nitrogen and oxygen atoms in total. The molecule has 1 aliphatic heterocycles. The molecule has 3 heteroatoms. The van der Waals surface area contributed by atoms with Crippen LogP contribution in [0.2, 0.25) is 0 Å². The molecule has 0 saturated carbocycles. The summed E-state index contributed by atoms with van der Waals surface area (Å²) in [5.74, 6) is 0. The predicted molar refractivity (Wildman–Crippen MR) is 42.4 cm³/mol. The van der Waals surface area contributed by atoms with E-state index < -0.39 is 0 Å². The minimum Gasteiger partial charge on any atom is -0.378 e. The summed E-state index contributed by atoms with van der Waals surface area (Å²) in [5, 5.41) is 3.37. The lowest BCUT2D eigenvalue weighted by molar-refractivity contribution is 0.0758. The molecule has 1 aromatic rings. The Bertz CT molecular complexity index is 202. The van der Waals surface area contributed by atoms with Gasteiger partial charge in [0.2, 0.25) is 0 Å². The van der Waals surface area contributed by atoms with Gasteiger partial charge in [0.25, 0.3) is 0 Å². The second-order valence-electron chi connectivity index (χ2n) is 2.71. The molecule has 0 amide bonds. The first-order valence-corrected chi connectivity index (χ1v) is 3.91. The summed E-state index contributed by atoms with van der Waals surface area (Å²) in [6, 6.07) is 4.44. The third-order valence-electron chi connectivity index (χ3n) is 1.92. The lowest BCUT2D eigenvalue weighted by atomic mass is 10.2. The summed E-state index contributed by atoms with van der Waals surface area (Å²) in [4.78, 5) is 3.16. The average Bonchev–Trinajstić information content (AvgIpc) is 2.58. The van der Waals surface area contributed by atoms with Crippen LogP contribution in [0.15, 0.2) is 18.3 Å². The first-order chi connectivity index (χ1) is 5.47. The van der Waals surface area contributed by atoms with Gasteiger partial charge in [0.15, 0.2) is 0 Å². The maximum atomic E-state index is 5.32. The third kappa shape index (κ3) is 1.44. The molecule has 11 heavy (non-hydrogen) atoms. The number of rotatable bonds is 1. The van der Waals surface area contributed by atoms with Gasteiger partial charge in [-0.1, -0.05) is 0 Å². The second kappa shape index (κ2) is 3.07. The van der Waals surface area contributed by atoms with Crippen molar-refractivity contribution in [2.75, 3.05) is 19.8 Å². The smallest absolute Gasteiger partial charge is 0.0711 e. The fraction of sp³-hybridized carbons (Fsp3) is 0.500. The van der Waals surface area contributed by atoms with Crippen LogP contribution in [0.25, 0.3) is 0 Å². The number of hydrogen-bond acceptors (Lipinski definition) is 2. The molecule has 1 fully saturated rings. The Morgan fingerprint density at radius 3 is 3.18 bits per heavy atom. The van der Waals surface area contributed by atoms with Crippen LogP contribution < -0.4 is 5.32 Å². The predicted octanol–water partition coefficient (Wildman–Crippen LogP) is 0.676. The summed E-state index contributed by atoms with van der Waals surface area (Å²) in [6.45, 7) is 2.56. The summed E-state index contributed by atoms with van der Waals surface area (Å²) < 4.78 is 5.32. The van der Waals surface area contributed by atoms with Gasteiger partial charge in [-0.05, 0) is 12.1 Å². The molecule has 1 saturated heterocycles. The minimum absolute atomic E-state index is 0.360. The fourth-order valence-corrected chi connectivity index (χ4v) is 1.33. The molecule has 0 unspecified atom stereocenters. The molecule has 2 N–H and O–H groups in total. The van der Waals surface area contributed by atoms with Crippen LogP contribution >= 0.6 is 0 Å². The number of hydrogen-bond donors (Lipinski definition) is 2. The van der Waals surface area contributed by atoms with Crippen molar-refractivity contribution in [1.82, 2.24) is 10.3 Å². The largest absolute Gasteiger partial charge is 0.378 e. The van der Waals surface area contributed by atoms with E-state index in [1.165, 1.54) is 5.69 Å². The quantitative estimate of drug-likeness (QED) is 0.620. The first kappa shape index (κ1) is 6.88. The van der Waals surface area contributed by atoms with Crippen molar-refractivity contribution in [3.05, 3.63) is 24.0 Å². The van der Waals surface area contributed by atoms with Crippen LogP contribution in [0.3, 0.4) is 0 Å². The number of H-pyrrole nitrogens is 1. The maximum absolute atomic E-state index is 5.32. The molecule has 0 aliphatic carbocycles. The van der Waals surface area contributed by atoms with Gasteiger partial charge < -0.3 is 15.0 Å². The molecule has 0 bridgehead atoms. The lowest BCUT2D eigenvalue weighted by Crippen LogP contribution is -2.34. The molecule has 2 heterocycles. The van der Waals surface area contributed by atoms with Crippen LogP contribution in [0.5, 0.6) is 0 Å². The standard InChI is InChI=1S/C8H12N2O/c1-2-7(9-3-1)8-6-11-5-4-10-8/h1-3,8-10H,4-6H2/t8-/m0/s1.